The Bertz CT molecular complexity index is 777. The molecule has 0 aliphatic heterocycles. The molecule has 1 N–H and O–H groups in total. The minimum Gasteiger partial charge on any atom is -0.466 e. The zero-order chi connectivity index (χ0) is 14.8. The van der Waals surface area contributed by atoms with Crippen LogP contribution in [0.1, 0.15) is 12.6 Å². The van der Waals surface area contributed by atoms with Crippen LogP contribution >= 0.6 is 22.7 Å². The number of ether oxygens (including phenoxy) is 1. The van der Waals surface area contributed by atoms with Gasteiger partial charge in [0, 0.05) is 5.56 Å². The minimum atomic E-state index is -0.281. The number of thiazole rings is 2. The predicted molar refractivity (Wildman–Crippen MR) is 82.8 cm³/mol. The van der Waals surface area contributed by atoms with Gasteiger partial charge in [0.05, 0.1) is 12.0 Å². The fourth-order valence-electron chi connectivity index (χ4n) is 2.13. The molecule has 3 aromatic rings. The van der Waals surface area contributed by atoms with Crippen molar-refractivity contribution in [3.05, 3.63) is 41.4 Å². The van der Waals surface area contributed by atoms with E-state index in [1.54, 1.807) is 11.3 Å². The third-order valence-electron chi connectivity index (χ3n) is 3.04. The first-order valence-corrected chi connectivity index (χ1v) is 8.25. The lowest BCUT2D eigenvalue weighted by Crippen LogP contribution is -2.24. The van der Waals surface area contributed by atoms with E-state index in [4.69, 9.17) is 4.74 Å². The van der Waals surface area contributed by atoms with E-state index < -0.39 is 0 Å². The van der Waals surface area contributed by atoms with E-state index >= 15 is 0 Å². The average molecular weight is 320 g/mol. The van der Waals surface area contributed by atoms with E-state index in [0.29, 0.717) is 6.61 Å². The van der Waals surface area contributed by atoms with E-state index in [9.17, 15) is 9.90 Å². The van der Waals surface area contributed by atoms with Crippen molar-refractivity contribution in [3.8, 4) is 16.3 Å². The molecule has 6 heteroatoms. The molecule has 0 aliphatic rings. The molecule has 21 heavy (non-hydrogen) atoms. The second-order valence-corrected chi connectivity index (χ2v) is 6.55. The van der Waals surface area contributed by atoms with Gasteiger partial charge in [0.25, 0.3) is 0 Å². The van der Waals surface area contributed by atoms with Crippen molar-refractivity contribution in [2.45, 2.75) is 13.3 Å². The smallest absolute Gasteiger partial charge is 0.391 e. The number of esters is 1. The summed E-state index contributed by atoms with van der Waals surface area (Å²) < 4.78 is 7.65. The Morgan fingerprint density at radius 2 is 2.10 bits per heavy atom. The lowest BCUT2D eigenvalue weighted by molar-refractivity contribution is -0.522. The number of nitrogens with zero attached hydrogens (tertiary/aromatic N) is 1. The average Bonchev–Trinajstić information content (AvgIpc) is 3.02. The van der Waals surface area contributed by atoms with Gasteiger partial charge < -0.3 is 9.84 Å². The number of aromatic nitrogens is 1. The fraction of sp³-hybridized carbons (Fsp3) is 0.200. The Morgan fingerprint density at radius 3 is 2.81 bits per heavy atom. The summed E-state index contributed by atoms with van der Waals surface area (Å²) >= 11 is 3.04. The van der Waals surface area contributed by atoms with Gasteiger partial charge in [-0.25, -0.2) is 0 Å². The number of benzene rings is 1. The van der Waals surface area contributed by atoms with Crippen LogP contribution in [0.4, 0.5) is 0 Å². The highest BCUT2D eigenvalue weighted by molar-refractivity contribution is 7.36. The van der Waals surface area contributed by atoms with Crippen LogP contribution in [-0.2, 0) is 16.0 Å². The standard InChI is InChI=1S/C15H13NO3S2/c1-2-19-12(17)8-11-9-20-15-16(11)14(18)13(21-15)10-6-4-3-5-7-10/h3-7,9H,2,8H2,1H3/p+1. The molecule has 0 saturated heterocycles. The molecule has 108 valence electrons. The van der Waals surface area contributed by atoms with Crippen molar-refractivity contribution >= 4 is 32.8 Å². The Kier molecular flexibility index (Phi) is 3.90. The first-order valence-electron chi connectivity index (χ1n) is 6.55. The van der Waals surface area contributed by atoms with Crippen molar-refractivity contribution in [2.24, 2.45) is 0 Å². The molecule has 0 saturated carbocycles. The van der Waals surface area contributed by atoms with Crippen LogP contribution in [0.2, 0.25) is 0 Å². The summed E-state index contributed by atoms with van der Waals surface area (Å²) in [6.07, 6.45) is 0.164. The van der Waals surface area contributed by atoms with Gasteiger partial charge in [-0.05, 0) is 18.3 Å². The minimum absolute atomic E-state index is 0.164. The number of hydrogen-bond acceptors (Lipinski definition) is 5. The van der Waals surface area contributed by atoms with E-state index in [-0.39, 0.29) is 18.3 Å². The topological polar surface area (TPSA) is 50.6 Å². The number of hydrogen-bond donors (Lipinski definition) is 1. The summed E-state index contributed by atoms with van der Waals surface area (Å²) in [5.41, 5.74) is 1.72. The summed E-state index contributed by atoms with van der Waals surface area (Å²) in [7, 11) is 0. The Hall–Kier alpha value is -1.92. The monoisotopic (exact) mass is 320 g/mol. The molecule has 0 aliphatic carbocycles. The maximum absolute atomic E-state index is 11.6. The SMILES string of the molecule is CCOC(=O)Cc1csc2sc(-c3ccccc3)c(O)[n+]12. The van der Waals surface area contributed by atoms with Gasteiger partial charge in [-0.15, -0.1) is 4.40 Å². The van der Waals surface area contributed by atoms with E-state index in [0.717, 1.165) is 20.3 Å². The highest BCUT2D eigenvalue weighted by Gasteiger charge is 2.28. The highest BCUT2D eigenvalue weighted by Crippen LogP contribution is 2.36. The quantitative estimate of drug-likeness (QED) is 0.594. The molecule has 0 spiro atoms. The predicted octanol–water partition coefficient (Wildman–Crippen LogP) is 3.03. The van der Waals surface area contributed by atoms with Crippen molar-refractivity contribution in [1.29, 1.82) is 0 Å². The molecule has 3 rings (SSSR count). The first-order chi connectivity index (χ1) is 10.2. The molecule has 0 unspecified atom stereocenters. The molecule has 0 bridgehead atoms. The summed E-state index contributed by atoms with van der Waals surface area (Å²) in [5.74, 6) is -0.0988. The number of rotatable bonds is 4. The van der Waals surface area contributed by atoms with Crippen molar-refractivity contribution < 1.29 is 19.0 Å². The molecule has 2 heterocycles. The Labute approximate surface area is 129 Å². The summed E-state index contributed by atoms with van der Waals surface area (Å²) in [4.78, 5) is 12.4. The van der Waals surface area contributed by atoms with Gasteiger partial charge in [0.15, 0.2) is 4.88 Å². The van der Waals surface area contributed by atoms with Crippen LogP contribution in [0, 0.1) is 0 Å². The van der Waals surface area contributed by atoms with E-state index in [1.807, 2.05) is 35.7 Å². The summed E-state index contributed by atoms with van der Waals surface area (Å²) in [6, 6.07) is 9.73. The number of aromatic hydroxyl groups is 1. The molecular formula is C15H14NO3S2+. The van der Waals surface area contributed by atoms with Crippen LogP contribution < -0.4 is 4.40 Å². The van der Waals surface area contributed by atoms with Gasteiger partial charge in [0.2, 0.25) is 5.69 Å². The molecule has 4 nitrogen and oxygen atoms in total. The van der Waals surface area contributed by atoms with Crippen LogP contribution in [0.25, 0.3) is 14.6 Å². The van der Waals surface area contributed by atoms with Gasteiger partial charge in [-0.2, -0.15) is 0 Å². The maximum atomic E-state index is 11.6. The summed E-state index contributed by atoms with van der Waals surface area (Å²) in [6.45, 7) is 2.14. The van der Waals surface area contributed by atoms with Gasteiger partial charge in [0.1, 0.15) is 6.42 Å². The fourth-order valence-corrected chi connectivity index (χ4v) is 4.35. The van der Waals surface area contributed by atoms with Gasteiger partial charge >= 0.3 is 16.0 Å². The van der Waals surface area contributed by atoms with Crippen LogP contribution in [0.15, 0.2) is 35.7 Å². The maximum Gasteiger partial charge on any atom is 0.391 e. The zero-order valence-electron chi connectivity index (χ0n) is 11.4. The van der Waals surface area contributed by atoms with Crippen molar-refractivity contribution in [2.75, 3.05) is 6.61 Å². The van der Waals surface area contributed by atoms with Gasteiger partial charge in [-0.1, -0.05) is 41.7 Å². The lowest BCUT2D eigenvalue weighted by Gasteiger charge is -1.97. The van der Waals surface area contributed by atoms with Crippen LogP contribution in [0.5, 0.6) is 5.88 Å². The molecular weight excluding hydrogens is 306 g/mol. The third kappa shape index (κ3) is 2.64. The summed E-state index contributed by atoms with van der Waals surface area (Å²) in [5, 5.41) is 12.4. The van der Waals surface area contributed by atoms with Crippen molar-refractivity contribution in [3.63, 3.8) is 0 Å². The molecule has 0 fully saturated rings. The zero-order valence-corrected chi connectivity index (χ0v) is 13.0. The first kappa shape index (κ1) is 14.0. The number of carbonyl (C=O) groups is 1. The van der Waals surface area contributed by atoms with Crippen molar-refractivity contribution in [1.82, 2.24) is 0 Å². The molecule has 0 radical (unpaired) electrons. The molecule has 2 aromatic heterocycles. The molecule has 1 aromatic carbocycles. The Morgan fingerprint density at radius 1 is 1.33 bits per heavy atom. The normalized spacial score (nSPS) is 10.9. The second-order valence-electron chi connectivity index (χ2n) is 4.43. The third-order valence-corrected chi connectivity index (χ3v) is 5.33. The number of fused-ring (bicyclic) bond motifs is 1. The second kappa shape index (κ2) is 5.83. The van der Waals surface area contributed by atoms with Gasteiger partial charge in [-0.3, -0.25) is 4.79 Å². The van der Waals surface area contributed by atoms with E-state index in [1.165, 1.54) is 22.7 Å². The highest BCUT2D eigenvalue weighted by atomic mass is 32.2. The van der Waals surface area contributed by atoms with Crippen LogP contribution in [-0.4, -0.2) is 17.7 Å². The number of carbonyl (C=O) groups excluding carboxylic acids is 1. The largest absolute Gasteiger partial charge is 0.466 e. The molecule has 0 atom stereocenters. The lowest BCUT2D eigenvalue weighted by atomic mass is 10.2. The Balaban J connectivity index is 2.02. The van der Waals surface area contributed by atoms with Crippen LogP contribution in [0.3, 0.4) is 0 Å². The molecule has 0 amide bonds. The van der Waals surface area contributed by atoms with E-state index in [2.05, 4.69) is 0 Å².